The summed E-state index contributed by atoms with van der Waals surface area (Å²) in [6.07, 6.45) is 0.507. The van der Waals surface area contributed by atoms with Gasteiger partial charge in [-0.25, -0.2) is 4.79 Å². The summed E-state index contributed by atoms with van der Waals surface area (Å²) < 4.78 is 10.5. The van der Waals surface area contributed by atoms with Gasteiger partial charge in [-0.1, -0.05) is 41.5 Å². The number of carbonyl (C=O) groups excluding carboxylic acids is 1. The lowest BCUT2D eigenvalue weighted by Gasteiger charge is -2.06. The van der Waals surface area contributed by atoms with Gasteiger partial charge in [-0.2, -0.15) is 0 Å². The van der Waals surface area contributed by atoms with E-state index in [1.807, 2.05) is 30.3 Å². The van der Waals surface area contributed by atoms with Crippen molar-refractivity contribution < 1.29 is 13.9 Å². The van der Waals surface area contributed by atoms with Crippen LogP contribution in [-0.4, -0.2) is 23.3 Å². The van der Waals surface area contributed by atoms with E-state index in [4.69, 9.17) is 9.15 Å². The number of benzene rings is 2. The Morgan fingerprint density at radius 1 is 1.08 bits per heavy atom. The van der Waals surface area contributed by atoms with Crippen molar-refractivity contribution in [1.82, 2.24) is 10.2 Å². The van der Waals surface area contributed by atoms with Crippen molar-refractivity contribution in [2.24, 2.45) is 0 Å². The molecule has 0 saturated heterocycles. The molecule has 122 valence electrons. The fourth-order valence-electron chi connectivity index (χ4n) is 2.11. The largest absolute Gasteiger partial charge is 0.497 e. The summed E-state index contributed by atoms with van der Waals surface area (Å²) in [4.78, 5) is 12.0. The molecule has 2 amide bonds. The Kier molecular flexibility index (Phi) is 4.71. The lowest BCUT2D eigenvalue weighted by molar-refractivity contribution is 0.261. The number of amides is 2. The molecule has 0 unspecified atom stereocenters. The molecule has 2 aromatic carbocycles. The summed E-state index contributed by atoms with van der Waals surface area (Å²) in [5.41, 5.74) is 1.64. The summed E-state index contributed by atoms with van der Waals surface area (Å²) in [6, 6.07) is 16.3. The topological polar surface area (TPSA) is 89.3 Å². The molecule has 0 radical (unpaired) electrons. The highest BCUT2D eigenvalue weighted by atomic mass is 16.5. The standard InChI is InChI=1S/C17H16N4O3/c1-23-14-9-5-8-13(11-14)18-16(22)19-17-21-20-15(24-17)10-12-6-3-2-4-7-12/h2-9,11H,10H2,1H3,(H2,18,19,21,22). The predicted molar refractivity (Wildman–Crippen MR) is 89.2 cm³/mol. The summed E-state index contributed by atoms with van der Waals surface area (Å²) >= 11 is 0. The van der Waals surface area contributed by atoms with Gasteiger partial charge in [0.05, 0.1) is 13.5 Å². The van der Waals surface area contributed by atoms with Crippen molar-refractivity contribution in [3.63, 3.8) is 0 Å². The Morgan fingerprint density at radius 3 is 2.71 bits per heavy atom. The predicted octanol–water partition coefficient (Wildman–Crippen LogP) is 3.31. The molecular formula is C17H16N4O3. The Bertz CT molecular complexity index is 817. The zero-order chi connectivity index (χ0) is 16.8. The second-order valence-corrected chi connectivity index (χ2v) is 4.97. The van der Waals surface area contributed by atoms with Crippen LogP contribution in [0.15, 0.2) is 59.0 Å². The first kappa shape index (κ1) is 15.5. The van der Waals surface area contributed by atoms with E-state index in [-0.39, 0.29) is 6.01 Å². The van der Waals surface area contributed by atoms with Crippen molar-refractivity contribution in [2.75, 3.05) is 17.7 Å². The Morgan fingerprint density at radius 2 is 1.92 bits per heavy atom. The fraction of sp³-hybridized carbons (Fsp3) is 0.118. The van der Waals surface area contributed by atoms with E-state index >= 15 is 0 Å². The summed E-state index contributed by atoms with van der Waals surface area (Å²) in [5.74, 6) is 1.08. The normalized spacial score (nSPS) is 10.2. The minimum Gasteiger partial charge on any atom is -0.497 e. The minimum absolute atomic E-state index is 0.0429. The van der Waals surface area contributed by atoms with Gasteiger partial charge in [0, 0.05) is 11.8 Å². The molecule has 3 aromatic rings. The number of aromatic nitrogens is 2. The van der Waals surface area contributed by atoms with Crippen molar-refractivity contribution in [1.29, 1.82) is 0 Å². The fourth-order valence-corrected chi connectivity index (χ4v) is 2.11. The molecule has 1 heterocycles. The van der Waals surface area contributed by atoms with Crippen molar-refractivity contribution in [3.8, 4) is 5.75 Å². The summed E-state index contributed by atoms with van der Waals surface area (Å²) in [6.45, 7) is 0. The third-order valence-electron chi connectivity index (χ3n) is 3.21. The Labute approximate surface area is 138 Å². The second kappa shape index (κ2) is 7.28. The zero-order valence-electron chi connectivity index (χ0n) is 13.0. The van der Waals surface area contributed by atoms with Gasteiger partial charge in [0.15, 0.2) is 0 Å². The molecule has 0 saturated carbocycles. The van der Waals surface area contributed by atoms with Gasteiger partial charge in [0.2, 0.25) is 5.89 Å². The number of hydrogen-bond acceptors (Lipinski definition) is 5. The molecule has 0 fully saturated rings. The molecule has 0 aliphatic heterocycles. The molecular weight excluding hydrogens is 308 g/mol. The minimum atomic E-state index is -0.474. The first-order valence-corrected chi connectivity index (χ1v) is 7.31. The van der Waals surface area contributed by atoms with Crippen LogP contribution in [0.4, 0.5) is 16.5 Å². The molecule has 7 nitrogen and oxygen atoms in total. The van der Waals surface area contributed by atoms with E-state index in [9.17, 15) is 4.79 Å². The van der Waals surface area contributed by atoms with Gasteiger partial charge in [-0.05, 0) is 17.7 Å². The highest BCUT2D eigenvalue weighted by Crippen LogP contribution is 2.17. The summed E-state index contributed by atoms with van der Waals surface area (Å²) in [5, 5.41) is 12.9. The van der Waals surface area contributed by atoms with E-state index in [0.29, 0.717) is 23.7 Å². The SMILES string of the molecule is COc1cccc(NC(=O)Nc2nnc(Cc3ccccc3)o2)c1. The molecule has 0 atom stereocenters. The van der Waals surface area contributed by atoms with Gasteiger partial charge < -0.3 is 14.5 Å². The van der Waals surface area contributed by atoms with Gasteiger partial charge in [0.1, 0.15) is 5.75 Å². The van der Waals surface area contributed by atoms with Gasteiger partial charge >= 0.3 is 12.0 Å². The van der Waals surface area contributed by atoms with Crippen LogP contribution in [0, 0.1) is 0 Å². The zero-order valence-corrected chi connectivity index (χ0v) is 13.0. The average molecular weight is 324 g/mol. The third kappa shape index (κ3) is 4.10. The molecule has 1 aromatic heterocycles. The number of anilines is 2. The van der Waals surface area contributed by atoms with Crippen LogP contribution in [-0.2, 0) is 6.42 Å². The lowest BCUT2D eigenvalue weighted by atomic mass is 10.2. The molecule has 24 heavy (non-hydrogen) atoms. The van der Waals surface area contributed by atoms with Crippen LogP contribution >= 0.6 is 0 Å². The molecule has 0 aliphatic carbocycles. The van der Waals surface area contributed by atoms with Crippen molar-refractivity contribution in [3.05, 3.63) is 66.1 Å². The van der Waals surface area contributed by atoms with E-state index in [0.717, 1.165) is 5.56 Å². The summed E-state index contributed by atoms with van der Waals surface area (Å²) in [7, 11) is 1.56. The highest BCUT2D eigenvalue weighted by Gasteiger charge is 2.10. The van der Waals surface area contributed by atoms with E-state index in [1.54, 1.807) is 31.4 Å². The molecule has 2 N–H and O–H groups in total. The van der Waals surface area contributed by atoms with E-state index in [2.05, 4.69) is 20.8 Å². The second-order valence-electron chi connectivity index (χ2n) is 4.97. The number of rotatable bonds is 5. The highest BCUT2D eigenvalue weighted by molar-refractivity contribution is 5.98. The van der Waals surface area contributed by atoms with Crippen molar-refractivity contribution in [2.45, 2.75) is 6.42 Å². The number of nitrogens with zero attached hydrogens (tertiary/aromatic N) is 2. The number of carbonyl (C=O) groups is 1. The van der Waals surface area contributed by atoms with Crippen LogP contribution in [0.25, 0.3) is 0 Å². The first-order valence-electron chi connectivity index (χ1n) is 7.31. The number of hydrogen-bond donors (Lipinski definition) is 2. The number of methoxy groups -OCH3 is 1. The van der Waals surface area contributed by atoms with Crippen LogP contribution in [0.3, 0.4) is 0 Å². The van der Waals surface area contributed by atoms with E-state index < -0.39 is 6.03 Å². The van der Waals surface area contributed by atoms with Gasteiger partial charge in [-0.3, -0.25) is 5.32 Å². The van der Waals surface area contributed by atoms with Crippen LogP contribution in [0.1, 0.15) is 11.5 Å². The maximum Gasteiger partial charge on any atom is 0.327 e. The molecule has 3 rings (SSSR count). The van der Waals surface area contributed by atoms with Gasteiger partial charge in [0.25, 0.3) is 0 Å². The maximum absolute atomic E-state index is 12.0. The quantitative estimate of drug-likeness (QED) is 0.751. The van der Waals surface area contributed by atoms with Crippen LogP contribution in [0.5, 0.6) is 5.75 Å². The molecule has 0 bridgehead atoms. The monoisotopic (exact) mass is 324 g/mol. The Hall–Kier alpha value is -3.35. The molecule has 0 spiro atoms. The van der Waals surface area contributed by atoms with Crippen LogP contribution in [0.2, 0.25) is 0 Å². The average Bonchev–Trinajstić information content (AvgIpc) is 3.02. The Balaban J connectivity index is 1.58. The number of nitrogens with one attached hydrogen (secondary N) is 2. The third-order valence-corrected chi connectivity index (χ3v) is 3.21. The first-order chi connectivity index (χ1) is 11.7. The molecule has 0 aliphatic rings. The maximum atomic E-state index is 12.0. The van der Waals surface area contributed by atoms with E-state index in [1.165, 1.54) is 0 Å². The lowest BCUT2D eigenvalue weighted by Crippen LogP contribution is -2.19. The number of urea groups is 1. The van der Waals surface area contributed by atoms with Crippen LogP contribution < -0.4 is 15.4 Å². The smallest absolute Gasteiger partial charge is 0.327 e. The number of ether oxygens (including phenoxy) is 1. The molecule has 7 heteroatoms. The van der Waals surface area contributed by atoms with Gasteiger partial charge in [-0.15, -0.1) is 5.10 Å². The van der Waals surface area contributed by atoms with Crippen molar-refractivity contribution >= 4 is 17.7 Å².